The largest absolute Gasteiger partial charge is 0.371 e. The number of piperidine rings is 1. The summed E-state index contributed by atoms with van der Waals surface area (Å²) < 4.78 is 26.0. The average Bonchev–Trinajstić information content (AvgIpc) is 2.28. The number of anilines is 1. The van der Waals surface area contributed by atoms with Crippen molar-refractivity contribution < 1.29 is 8.78 Å². The van der Waals surface area contributed by atoms with Crippen molar-refractivity contribution in [2.75, 3.05) is 18.0 Å². The van der Waals surface area contributed by atoms with Crippen LogP contribution in [0.2, 0.25) is 5.02 Å². The lowest BCUT2D eigenvalue weighted by molar-refractivity contribution is -0.0220. The van der Waals surface area contributed by atoms with Gasteiger partial charge >= 0.3 is 0 Å². The van der Waals surface area contributed by atoms with E-state index in [9.17, 15) is 8.78 Å². The van der Waals surface area contributed by atoms with Crippen molar-refractivity contribution in [3.63, 3.8) is 0 Å². The molecule has 0 saturated carbocycles. The van der Waals surface area contributed by atoms with Crippen LogP contribution in [-0.2, 0) is 0 Å². The Morgan fingerprint density at radius 2 is 1.88 bits per heavy atom. The highest BCUT2D eigenvalue weighted by Gasteiger charge is 2.34. The van der Waals surface area contributed by atoms with E-state index in [1.807, 2.05) is 11.0 Å². The van der Waals surface area contributed by atoms with Crippen LogP contribution in [0.15, 0.2) is 18.2 Å². The van der Waals surface area contributed by atoms with Crippen molar-refractivity contribution in [3.05, 3.63) is 28.8 Å². The lowest BCUT2D eigenvalue weighted by Gasteiger charge is -2.33. The van der Waals surface area contributed by atoms with E-state index in [4.69, 9.17) is 16.9 Å². The first kappa shape index (κ1) is 12.1. The Morgan fingerprint density at radius 3 is 2.47 bits per heavy atom. The summed E-state index contributed by atoms with van der Waals surface area (Å²) in [6.45, 7) is 0.580. The highest BCUT2D eigenvalue weighted by atomic mass is 35.5. The van der Waals surface area contributed by atoms with Crippen LogP contribution in [0.25, 0.3) is 0 Å². The Labute approximate surface area is 103 Å². The highest BCUT2D eigenvalue weighted by molar-refractivity contribution is 6.31. The molecule has 0 amide bonds. The van der Waals surface area contributed by atoms with Crippen molar-refractivity contribution in [2.24, 2.45) is 0 Å². The standard InChI is InChI=1S/C12H11ClF2N2/c13-10-5-9(8-16)6-11(7-10)17-3-1-12(14,15)2-4-17/h5-7H,1-4H2. The van der Waals surface area contributed by atoms with Gasteiger partial charge in [-0.2, -0.15) is 5.26 Å². The molecule has 1 aromatic carbocycles. The van der Waals surface area contributed by atoms with Gasteiger partial charge in [0.05, 0.1) is 11.6 Å². The molecule has 0 N–H and O–H groups in total. The first-order chi connectivity index (χ1) is 8.00. The highest BCUT2D eigenvalue weighted by Crippen LogP contribution is 2.31. The van der Waals surface area contributed by atoms with Crippen molar-refractivity contribution in [2.45, 2.75) is 18.8 Å². The van der Waals surface area contributed by atoms with Crippen molar-refractivity contribution in [1.29, 1.82) is 5.26 Å². The quantitative estimate of drug-likeness (QED) is 0.770. The number of nitriles is 1. The van der Waals surface area contributed by atoms with E-state index < -0.39 is 5.92 Å². The molecule has 0 atom stereocenters. The Kier molecular flexibility index (Phi) is 3.21. The molecule has 1 fully saturated rings. The summed E-state index contributed by atoms with van der Waals surface area (Å²) in [6.07, 6.45) is -0.303. The van der Waals surface area contributed by atoms with Crippen LogP contribution in [0.4, 0.5) is 14.5 Å². The van der Waals surface area contributed by atoms with E-state index in [0.29, 0.717) is 10.6 Å². The van der Waals surface area contributed by atoms with Crippen LogP contribution in [0, 0.1) is 11.3 Å². The maximum Gasteiger partial charge on any atom is 0.251 e. The molecule has 0 bridgehead atoms. The maximum atomic E-state index is 13.0. The van der Waals surface area contributed by atoms with Crippen LogP contribution < -0.4 is 4.90 Å². The van der Waals surface area contributed by atoms with Crippen molar-refractivity contribution >= 4 is 17.3 Å². The molecule has 90 valence electrons. The molecule has 1 aromatic rings. The molecule has 17 heavy (non-hydrogen) atoms. The van der Waals surface area contributed by atoms with Crippen molar-refractivity contribution in [1.82, 2.24) is 0 Å². The van der Waals surface area contributed by atoms with Crippen LogP contribution in [-0.4, -0.2) is 19.0 Å². The van der Waals surface area contributed by atoms with Gasteiger partial charge in [0.2, 0.25) is 0 Å². The minimum Gasteiger partial charge on any atom is -0.371 e. The molecule has 1 heterocycles. The van der Waals surface area contributed by atoms with Gasteiger partial charge in [-0.05, 0) is 18.2 Å². The summed E-state index contributed by atoms with van der Waals surface area (Å²) in [7, 11) is 0. The third-order valence-electron chi connectivity index (χ3n) is 2.87. The monoisotopic (exact) mass is 256 g/mol. The number of hydrogen-bond donors (Lipinski definition) is 0. The Hall–Kier alpha value is -1.34. The van der Waals surface area contributed by atoms with E-state index in [2.05, 4.69) is 0 Å². The van der Waals surface area contributed by atoms with Gasteiger partial charge in [-0.3, -0.25) is 0 Å². The summed E-state index contributed by atoms with van der Waals surface area (Å²) >= 11 is 5.88. The summed E-state index contributed by atoms with van der Waals surface area (Å²) in [5.74, 6) is -2.56. The maximum absolute atomic E-state index is 13.0. The Morgan fingerprint density at radius 1 is 1.24 bits per heavy atom. The van der Waals surface area contributed by atoms with Gasteiger partial charge in [0.25, 0.3) is 5.92 Å². The van der Waals surface area contributed by atoms with Gasteiger partial charge in [-0.25, -0.2) is 8.78 Å². The van der Waals surface area contributed by atoms with Crippen LogP contribution in [0.3, 0.4) is 0 Å². The number of benzene rings is 1. The number of halogens is 3. The fraction of sp³-hybridized carbons (Fsp3) is 0.417. The van der Waals surface area contributed by atoms with E-state index in [-0.39, 0.29) is 25.9 Å². The molecule has 5 heteroatoms. The van der Waals surface area contributed by atoms with Crippen LogP contribution >= 0.6 is 11.6 Å². The molecule has 0 unspecified atom stereocenters. The normalized spacial score (nSPS) is 18.8. The Balaban J connectivity index is 2.19. The molecule has 0 spiro atoms. The molecule has 0 radical (unpaired) electrons. The fourth-order valence-electron chi connectivity index (χ4n) is 1.91. The van der Waals surface area contributed by atoms with E-state index in [1.54, 1.807) is 18.2 Å². The summed E-state index contributed by atoms with van der Waals surface area (Å²) in [6, 6.07) is 6.94. The lowest BCUT2D eigenvalue weighted by Crippen LogP contribution is -2.39. The molecule has 1 aliphatic rings. The number of nitrogens with zero attached hydrogens (tertiary/aromatic N) is 2. The van der Waals surface area contributed by atoms with Gasteiger partial charge in [-0.15, -0.1) is 0 Å². The molecule has 1 aliphatic heterocycles. The zero-order chi connectivity index (χ0) is 12.5. The third kappa shape index (κ3) is 2.86. The van der Waals surface area contributed by atoms with Crippen LogP contribution in [0.5, 0.6) is 0 Å². The third-order valence-corrected chi connectivity index (χ3v) is 3.09. The van der Waals surface area contributed by atoms with Gasteiger partial charge in [0.15, 0.2) is 0 Å². The minimum atomic E-state index is -2.56. The average molecular weight is 257 g/mol. The lowest BCUT2D eigenvalue weighted by atomic mass is 10.1. The fourth-order valence-corrected chi connectivity index (χ4v) is 2.14. The summed E-state index contributed by atoms with van der Waals surface area (Å²) in [4.78, 5) is 1.84. The predicted octanol–water partition coefficient (Wildman–Crippen LogP) is 3.45. The topological polar surface area (TPSA) is 27.0 Å². The number of rotatable bonds is 1. The molecule has 1 saturated heterocycles. The first-order valence-electron chi connectivity index (χ1n) is 5.34. The van der Waals surface area contributed by atoms with Crippen molar-refractivity contribution in [3.8, 4) is 6.07 Å². The van der Waals surface area contributed by atoms with Gasteiger partial charge in [-0.1, -0.05) is 11.6 Å². The van der Waals surface area contributed by atoms with E-state index in [0.717, 1.165) is 5.69 Å². The molecular formula is C12H11ClF2N2. The number of alkyl halides is 2. The molecule has 2 nitrogen and oxygen atoms in total. The van der Waals surface area contributed by atoms with Crippen LogP contribution in [0.1, 0.15) is 18.4 Å². The SMILES string of the molecule is N#Cc1cc(Cl)cc(N2CCC(F)(F)CC2)c1. The minimum absolute atomic E-state index is 0.151. The molecule has 2 rings (SSSR count). The smallest absolute Gasteiger partial charge is 0.251 e. The molecular weight excluding hydrogens is 246 g/mol. The zero-order valence-corrected chi connectivity index (χ0v) is 9.84. The predicted molar refractivity (Wildman–Crippen MR) is 62.6 cm³/mol. The summed E-state index contributed by atoms with van der Waals surface area (Å²) in [5, 5.41) is 9.28. The van der Waals surface area contributed by atoms with Gasteiger partial charge in [0.1, 0.15) is 0 Å². The molecule has 0 aromatic heterocycles. The first-order valence-corrected chi connectivity index (χ1v) is 5.71. The second-order valence-corrected chi connectivity index (χ2v) is 4.59. The number of hydrogen-bond acceptors (Lipinski definition) is 2. The van der Waals surface area contributed by atoms with E-state index in [1.165, 1.54) is 0 Å². The zero-order valence-electron chi connectivity index (χ0n) is 9.09. The second kappa shape index (κ2) is 4.50. The van der Waals surface area contributed by atoms with Gasteiger partial charge < -0.3 is 4.90 Å². The summed E-state index contributed by atoms with van der Waals surface area (Å²) in [5.41, 5.74) is 1.19. The molecule has 0 aliphatic carbocycles. The van der Waals surface area contributed by atoms with E-state index >= 15 is 0 Å². The van der Waals surface area contributed by atoms with Gasteiger partial charge in [0, 0.05) is 36.6 Å². The second-order valence-electron chi connectivity index (χ2n) is 4.15. The Bertz CT molecular complexity index is 458.